The highest BCUT2D eigenvalue weighted by molar-refractivity contribution is 6.68. The lowest BCUT2D eigenvalue weighted by molar-refractivity contribution is 0.644. The van der Waals surface area contributed by atoms with Crippen molar-refractivity contribution < 1.29 is 0 Å². The Labute approximate surface area is 78.5 Å². The summed E-state index contributed by atoms with van der Waals surface area (Å²) >= 11 is 0. The van der Waals surface area contributed by atoms with Crippen LogP contribution < -0.4 is 0 Å². The van der Waals surface area contributed by atoms with Gasteiger partial charge in [0.05, 0.1) is 0 Å². The van der Waals surface area contributed by atoms with E-state index in [1.165, 1.54) is 11.4 Å². The van der Waals surface area contributed by atoms with E-state index in [4.69, 9.17) is 0 Å². The van der Waals surface area contributed by atoms with E-state index >= 15 is 0 Å². The molecule has 3 heterocycles. The van der Waals surface area contributed by atoms with Gasteiger partial charge in [-0.1, -0.05) is 30.2 Å². The monoisotopic (exact) mass is 167 g/mol. The van der Waals surface area contributed by atoms with E-state index in [0.29, 0.717) is 6.85 Å². The number of hydrogen-bond donors (Lipinski definition) is 0. The van der Waals surface area contributed by atoms with Gasteiger partial charge in [-0.15, -0.1) is 0 Å². The van der Waals surface area contributed by atoms with Gasteiger partial charge in [0.25, 0.3) is 0 Å². The van der Waals surface area contributed by atoms with Crippen molar-refractivity contribution >= 4 is 6.85 Å². The lowest BCUT2D eigenvalue weighted by Gasteiger charge is -2.37. The SMILES string of the molecule is C1=CB2C=CCC3=CC=CC(=C1)N23. The molecular weight excluding hydrogens is 157 g/mol. The average molecular weight is 167 g/mol. The predicted octanol–water partition coefficient (Wildman–Crippen LogP) is 2.23. The van der Waals surface area contributed by atoms with Gasteiger partial charge < -0.3 is 4.81 Å². The molecule has 0 N–H and O–H groups in total. The highest BCUT2D eigenvalue weighted by atomic mass is 15.1. The predicted molar refractivity (Wildman–Crippen MR) is 55.8 cm³/mol. The van der Waals surface area contributed by atoms with E-state index in [1.807, 2.05) is 0 Å². The maximum absolute atomic E-state index is 2.39. The van der Waals surface area contributed by atoms with Crippen LogP contribution in [0.2, 0.25) is 0 Å². The Morgan fingerprint density at radius 3 is 3.15 bits per heavy atom. The summed E-state index contributed by atoms with van der Waals surface area (Å²) in [7, 11) is 0. The van der Waals surface area contributed by atoms with Crippen LogP contribution in [0.5, 0.6) is 0 Å². The smallest absolute Gasteiger partial charge is 0.312 e. The number of rotatable bonds is 0. The summed E-state index contributed by atoms with van der Waals surface area (Å²) < 4.78 is 0. The highest BCUT2D eigenvalue weighted by Gasteiger charge is 2.27. The molecule has 0 saturated carbocycles. The van der Waals surface area contributed by atoms with Crippen molar-refractivity contribution in [2.45, 2.75) is 6.42 Å². The minimum absolute atomic E-state index is 0.449. The van der Waals surface area contributed by atoms with E-state index in [1.54, 1.807) is 0 Å². The fourth-order valence-electron chi connectivity index (χ4n) is 2.08. The van der Waals surface area contributed by atoms with Crippen LogP contribution in [-0.4, -0.2) is 11.7 Å². The van der Waals surface area contributed by atoms with Gasteiger partial charge >= 0.3 is 6.85 Å². The van der Waals surface area contributed by atoms with Crippen molar-refractivity contribution in [1.29, 1.82) is 0 Å². The fourth-order valence-corrected chi connectivity index (χ4v) is 2.08. The first-order valence-electron chi connectivity index (χ1n) is 4.67. The van der Waals surface area contributed by atoms with E-state index in [-0.39, 0.29) is 0 Å². The zero-order valence-electron chi connectivity index (χ0n) is 7.35. The zero-order chi connectivity index (χ0) is 8.67. The van der Waals surface area contributed by atoms with Crippen LogP contribution in [0.15, 0.2) is 59.8 Å². The summed E-state index contributed by atoms with van der Waals surface area (Å²) in [5, 5.41) is 0. The molecule has 0 fully saturated rings. The van der Waals surface area contributed by atoms with Crippen LogP contribution in [0, 0.1) is 0 Å². The molecule has 13 heavy (non-hydrogen) atoms. The van der Waals surface area contributed by atoms with Gasteiger partial charge in [-0.3, -0.25) is 0 Å². The number of allylic oxidation sites excluding steroid dienone is 6. The third-order valence-corrected chi connectivity index (χ3v) is 2.68. The highest BCUT2D eigenvalue weighted by Crippen LogP contribution is 2.29. The minimum atomic E-state index is 0.449. The number of nitrogens with zero attached hydrogens (tertiary/aromatic N) is 1. The molecule has 0 spiro atoms. The van der Waals surface area contributed by atoms with Crippen LogP contribution in [0.4, 0.5) is 0 Å². The summed E-state index contributed by atoms with van der Waals surface area (Å²) in [4.78, 5) is 2.39. The second-order valence-electron chi connectivity index (χ2n) is 3.49. The maximum Gasteiger partial charge on any atom is 0.312 e. The largest absolute Gasteiger partial charge is 0.381 e. The van der Waals surface area contributed by atoms with Gasteiger partial charge in [0.1, 0.15) is 0 Å². The third-order valence-electron chi connectivity index (χ3n) is 2.68. The summed E-state index contributed by atoms with van der Waals surface area (Å²) in [5.74, 6) is 4.49. The van der Waals surface area contributed by atoms with Gasteiger partial charge in [-0.05, 0) is 18.2 Å². The first kappa shape index (κ1) is 7.02. The van der Waals surface area contributed by atoms with Crippen molar-refractivity contribution in [2.75, 3.05) is 0 Å². The van der Waals surface area contributed by atoms with Crippen LogP contribution in [0.1, 0.15) is 6.42 Å². The van der Waals surface area contributed by atoms with E-state index in [9.17, 15) is 0 Å². The van der Waals surface area contributed by atoms with Crippen molar-refractivity contribution in [1.82, 2.24) is 4.81 Å². The Hall–Kier alpha value is -1.44. The normalized spacial score (nSPS) is 22.8. The molecule has 0 saturated heterocycles. The molecule has 0 atom stereocenters. The molecule has 0 amide bonds. The molecule has 0 radical (unpaired) electrons. The molecule has 62 valence electrons. The molecule has 0 aromatic carbocycles. The molecule has 0 unspecified atom stereocenters. The lowest BCUT2D eigenvalue weighted by atomic mass is 9.56. The standard InChI is InChI=1S/C11H10BN/c1-4-10-6-2-8-12-9-3-7-11(5-1)13(10)12/h1-6,8-9H,7H2. The average Bonchev–Trinajstić information content (AvgIpc) is 2.19. The number of hydrogen-bond acceptors (Lipinski definition) is 1. The lowest BCUT2D eigenvalue weighted by Crippen LogP contribution is -2.39. The maximum atomic E-state index is 2.39. The molecular formula is C11H10BN. The van der Waals surface area contributed by atoms with E-state index in [2.05, 4.69) is 53.2 Å². The van der Waals surface area contributed by atoms with Crippen LogP contribution in [0.3, 0.4) is 0 Å². The Balaban J connectivity index is 2.15. The molecule has 0 aliphatic carbocycles. The summed E-state index contributed by atoms with van der Waals surface area (Å²) in [5.41, 5.74) is 2.72. The molecule has 3 aliphatic rings. The zero-order valence-corrected chi connectivity index (χ0v) is 7.35. The second-order valence-corrected chi connectivity index (χ2v) is 3.49. The van der Waals surface area contributed by atoms with Gasteiger partial charge in [0, 0.05) is 17.8 Å². The van der Waals surface area contributed by atoms with E-state index in [0.717, 1.165) is 6.42 Å². The minimum Gasteiger partial charge on any atom is -0.381 e. The topological polar surface area (TPSA) is 3.24 Å². The van der Waals surface area contributed by atoms with Gasteiger partial charge in [-0.25, -0.2) is 0 Å². The van der Waals surface area contributed by atoms with Crippen molar-refractivity contribution in [3.05, 3.63) is 59.8 Å². The summed E-state index contributed by atoms with van der Waals surface area (Å²) in [6.45, 7) is 0.449. The summed E-state index contributed by atoms with van der Waals surface area (Å²) in [6, 6.07) is 0. The Morgan fingerprint density at radius 1 is 1.15 bits per heavy atom. The van der Waals surface area contributed by atoms with Gasteiger partial charge in [0.2, 0.25) is 0 Å². The first-order chi connectivity index (χ1) is 6.45. The van der Waals surface area contributed by atoms with Crippen molar-refractivity contribution in [2.24, 2.45) is 0 Å². The fraction of sp³-hybridized carbons (Fsp3) is 0.0909. The van der Waals surface area contributed by atoms with Gasteiger partial charge in [-0.2, -0.15) is 0 Å². The van der Waals surface area contributed by atoms with Gasteiger partial charge in [0.15, 0.2) is 0 Å². The van der Waals surface area contributed by atoms with Crippen molar-refractivity contribution in [3.63, 3.8) is 0 Å². The molecule has 2 heteroatoms. The van der Waals surface area contributed by atoms with Crippen LogP contribution in [0.25, 0.3) is 0 Å². The quantitative estimate of drug-likeness (QED) is 0.500. The van der Waals surface area contributed by atoms with Crippen LogP contribution >= 0.6 is 0 Å². The van der Waals surface area contributed by atoms with E-state index < -0.39 is 0 Å². The molecule has 3 aliphatic heterocycles. The molecule has 0 bridgehead atoms. The molecule has 3 rings (SSSR count). The van der Waals surface area contributed by atoms with Crippen LogP contribution in [-0.2, 0) is 0 Å². The Morgan fingerprint density at radius 2 is 2.15 bits per heavy atom. The summed E-state index contributed by atoms with van der Waals surface area (Å²) in [6.07, 6.45) is 14.1. The second kappa shape index (κ2) is 2.53. The van der Waals surface area contributed by atoms with Crippen molar-refractivity contribution in [3.8, 4) is 0 Å². The Kier molecular flexibility index (Phi) is 1.36. The Bertz CT molecular complexity index is 385. The molecule has 1 nitrogen and oxygen atoms in total. The third kappa shape index (κ3) is 0.950. The molecule has 0 aromatic rings. The molecule has 0 aromatic heterocycles. The first-order valence-corrected chi connectivity index (χ1v) is 4.67.